The fourth-order valence-corrected chi connectivity index (χ4v) is 2.98. The van der Waals surface area contributed by atoms with Crippen molar-refractivity contribution in [2.24, 2.45) is 0 Å². The number of nitrogens with one attached hydrogen (secondary N) is 1. The van der Waals surface area contributed by atoms with E-state index in [0.717, 1.165) is 5.56 Å². The summed E-state index contributed by atoms with van der Waals surface area (Å²) in [4.78, 5) is 8.68. The molecule has 0 unspecified atom stereocenters. The van der Waals surface area contributed by atoms with Gasteiger partial charge in [-0.3, -0.25) is 5.10 Å². The van der Waals surface area contributed by atoms with Crippen molar-refractivity contribution in [2.45, 2.75) is 17.8 Å². The van der Waals surface area contributed by atoms with Gasteiger partial charge in [0.05, 0.1) is 11.3 Å². The summed E-state index contributed by atoms with van der Waals surface area (Å²) in [7, 11) is 0. The third kappa shape index (κ3) is 3.50. The van der Waals surface area contributed by atoms with Crippen molar-refractivity contribution >= 4 is 11.8 Å². The molecule has 0 atom stereocenters. The lowest BCUT2D eigenvalue weighted by Crippen LogP contribution is -1.86. The van der Waals surface area contributed by atoms with Gasteiger partial charge in [0.2, 0.25) is 16.9 Å². The summed E-state index contributed by atoms with van der Waals surface area (Å²) in [6.07, 6.45) is 0. The molecule has 0 saturated carbocycles. The highest BCUT2D eigenvalue weighted by molar-refractivity contribution is 7.98. The first kappa shape index (κ1) is 16.5. The zero-order valence-corrected chi connectivity index (χ0v) is 14.6. The number of thioether (sulfide) groups is 1. The van der Waals surface area contributed by atoms with Gasteiger partial charge >= 0.3 is 0 Å². The van der Waals surface area contributed by atoms with Crippen LogP contribution >= 0.6 is 11.8 Å². The number of rotatable bonds is 5. The molecule has 0 radical (unpaired) electrons. The summed E-state index contributed by atoms with van der Waals surface area (Å²) in [5.74, 6) is 1.48. The van der Waals surface area contributed by atoms with E-state index >= 15 is 0 Å². The zero-order chi connectivity index (χ0) is 17.9. The van der Waals surface area contributed by atoms with Gasteiger partial charge in [0.15, 0.2) is 5.82 Å². The molecule has 0 aliphatic heterocycles. The Kier molecular flexibility index (Phi) is 4.49. The lowest BCUT2D eigenvalue weighted by atomic mass is 10.1. The topological polar surface area (TPSA) is 80.5 Å². The first-order chi connectivity index (χ1) is 12.7. The summed E-state index contributed by atoms with van der Waals surface area (Å²) in [6.45, 7) is 2.02. The number of aromatic amines is 1. The summed E-state index contributed by atoms with van der Waals surface area (Å²) in [6, 6.07) is 14.3. The van der Waals surface area contributed by atoms with Crippen LogP contribution in [0.15, 0.2) is 58.2 Å². The molecule has 130 valence electrons. The average molecular weight is 367 g/mol. The number of hydrogen-bond donors (Lipinski definition) is 1. The maximum Gasteiger partial charge on any atom is 0.237 e. The van der Waals surface area contributed by atoms with E-state index in [1.807, 2.05) is 31.2 Å². The fraction of sp³-hybridized carbons (Fsp3) is 0.111. The first-order valence-electron chi connectivity index (χ1n) is 7.89. The van der Waals surface area contributed by atoms with Gasteiger partial charge in [-0.05, 0) is 19.1 Å². The molecule has 26 heavy (non-hydrogen) atoms. The molecule has 1 N–H and O–H groups in total. The molecule has 2 heterocycles. The molecule has 8 heteroatoms. The van der Waals surface area contributed by atoms with E-state index in [1.54, 1.807) is 18.2 Å². The maximum absolute atomic E-state index is 13.8. The molecule has 0 aliphatic carbocycles. The number of H-pyrrole nitrogens is 1. The molecule has 0 bridgehead atoms. The molecule has 0 amide bonds. The van der Waals surface area contributed by atoms with Gasteiger partial charge in [0, 0.05) is 5.56 Å². The Labute approximate surface area is 152 Å². The van der Waals surface area contributed by atoms with Crippen LogP contribution in [-0.4, -0.2) is 25.3 Å². The van der Waals surface area contributed by atoms with Crippen LogP contribution in [0.25, 0.3) is 22.8 Å². The number of halogens is 1. The summed E-state index contributed by atoms with van der Waals surface area (Å²) in [5.41, 5.74) is 2.45. The minimum atomic E-state index is -0.347. The molecule has 2 aromatic carbocycles. The van der Waals surface area contributed by atoms with E-state index in [-0.39, 0.29) is 5.82 Å². The monoisotopic (exact) mass is 367 g/mol. The Hall–Kier alpha value is -3.00. The number of aryl methyl sites for hydroxylation is 1. The van der Waals surface area contributed by atoms with E-state index < -0.39 is 0 Å². The van der Waals surface area contributed by atoms with E-state index in [2.05, 4.69) is 25.3 Å². The predicted octanol–water partition coefficient (Wildman–Crippen LogP) is 4.26. The van der Waals surface area contributed by atoms with Gasteiger partial charge in [0.25, 0.3) is 0 Å². The van der Waals surface area contributed by atoms with Crippen LogP contribution in [-0.2, 0) is 5.75 Å². The molecule has 0 fully saturated rings. The number of benzene rings is 2. The van der Waals surface area contributed by atoms with Crippen LogP contribution in [0.2, 0.25) is 0 Å². The Balaban J connectivity index is 1.44. The van der Waals surface area contributed by atoms with Crippen molar-refractivity contribution in [3.8, 4) is 22.8 Å². The lowest BCUT2D eigenvalue weighted by Gasteiger charge is -1.96. The van der Waals surface area contributed by atoms with Crippen molar-refractivity contribution in [1.29, 1.82) is 0 Å². The third-order valence-corrected chi connectivity index (χ3v) is 4.53. The number of hydrogen-bond acceptors (Lipinski definition) is 6. The van der Waals surface area contributed by atoms with E-state index in [4.69, 9.17) is 4.52 Å². The zero-order valence-electron chi connectivity index (χ0n) is 13.8. The SMILES string of the molecule is Cc1ccc(-c2noc(CSc3n[nH]c(-c4ccccc4F)n3)n2)cc1. The molecule has 4 aromatic rings. The minimum absolute atomic E-state index is 0.347. The van der Waals surface area contributed by atoms with Crippen LogP contribution in [0.1, 0.15) is 11.5 Å². The van der Waals surface area contributed by atoms with Crippen LogP contribution in [0.4, 0.5) is 4.39 Å². The normalized spacial score (nSPS) is 11.0. The van der Waals surface area contributed by atoms with Gasteiger partial charge in [-0.2, -0.15) is 4.98 Å². The van der Waals surface area contributed by atoms with Crippen molar-refractivity contribution < 1.29 is 8.91 Å². The van der Waals surface area contributed by atoms with Crippen molar-refractivity contribution in [3.05, 3.63) is 65.8 Å². The Morgan fingerprint density at radius 1 is 1.08 bits per heavy atom. The van der Waals surface area contributed by atoms with Gasteiger partial charge < -0.3 is 4.52 Å². The first-order valence-corrected chi connectivity index (χ1v) is 8.87. The van der Waals surface area contributed by atoms with E-state index in [1.165, 1.54) is 23.4 Å². The lowest BCUT2D eigenvalue weighted by molar-refractivity contribution is 0.391. The van der Waals surface area contributed by atoms with Crippen LogP contribution in [0, 0.1) is 12.7 Å². The number of nitrogens with zero attached hydrogens (tertiary/aromatic N) is 4. The van der Waals surface area contributed by atoms with Crippen molar-refractivity contribution in [2.75, 3.05) is 0 Å². The van der Waals surface area contributed by atoms with Crippen LogP contribution in [0.3, 0.4) is 0 Å². The maximum atomic E-state index is 13.8. The fourth-order valence-electron chi connectivity index (χ4n) is 2.34. The second-order valence-electron chi connectivity index (χ2n) is 5.61. The Bertz CT molecular complexity index is 1030. The second kappa shape index (κ2) is 7.09. The van der Waals surface area contributed by atoms with E-state index in [0.29, 0.717) is 34.0 Å². The highest BCUT2D eigenvalue weighted by Gasteiger charge is 2.13. The molecule has 0 spiro atoms. The average Bonchev–Trinajstić information content (AvgIpc) is 3.30. The predicted molar refractivity (Wildman–Crippen MR) is 95.8 cm³/mol. The van der Waals surface area contributed by atoms with Gasteiger partial charge in [0.1, 0.15) is 5.82 Å². The van der Waals surface area contributed by atoms with Crippen LogP contribution in [0.5, 0.6) is 0 Å². The van der Waals surface area contributed by atoms with Crippen molar-refractivity contribution in [3.63, 3.8) is 0 Å². The van der Waals surface area contributed by atoms with Gasteiger partial charge in [-0.25, -0.2) is 9.37 Å². The molecule has 0 aliphatic rings. The molecule has 4 rings (SSSR count). The molecule has 6 nitrogen and oxygen atoms in total. The highest BCUT2D eigenvalue weighted by atomic mass is 32.2. The summed E-state index contributed by atoms with van der Waals surface area (Å²) < 4.78 is 19.1. The molecule has 2 aromatic heterocycles. The third-order valence-electron chi connectivity index (χ3n) is 3.70. The molecule has 0 saturated heterocycles. The van der Waals surface area contributed by atoms with Crippen molar-refractivity contribution in [1.82, 2.24) is 25.3 Å². The quantitative estimate of drug-likeness (QED) is 0.531. The minimum Gasteiger partial charge on any atom is -0.338 e. The van der Waals surface area contributed by atoms with E-state index in [9.17, 15) is 4.39 Å². The largest absolute Gasteiger partial charge is 0.338 e. The summed E-state index contributed by atoms with van der Waals surface area (Å²) in [5, 5.41) is 11.3. The Morgan fingerprint density at radius 3 is 2.69 bits per heavy atom. The summed E-state index contributed by atoms with van der Waals surface area (Å²) >= 11 is 1.33. The second-order valence-corrected chi connectivity index (χ2v) is 6.56. The van der Waals surface area contributed by atoms with Gasteiger partial charge in [-0.1, -0.05) is 58.9 Å². The highest BCUT2D eigenvalue weighted by Crippen LogP contribution is 2.24. The number of aromatic nitrogens is 5. The Morgan fingerprint density at radius 2 is 1.88 bits per heavy atom. The molecular weight excluding hydrogens is 353 g/mol. The smallest absolute Gasteiger partial charge is 0.237 e. The molecular formula is C18H14FN5OS. The van der Waals surface area contributed by atoms with Gasteiger partial charge in [-0.15, -0.1) is 5.10 Å². The standard InChI is InChI=1S/C18H14FN5OS/c1-11-6-8-12(9-7-11)16-20-15(25-24-16)10-26-18-21-17(22-23-18)13-4-2-3-5-14(13)19/h2-9H,10H2,1H3,(H,21,22,23). The van der Waals surface area contributed by atoms with Crippen LogP contribution < -0.4 is 0 Å².